The molecule has 30 heavy (non-hydrogen) atoms. The van der Waals surface area contributed by atoms with E-state index in [9.17, 15) is 18.0 Å². The Bertz CT molecular complexity index is 1050. The normalized spacial score (nSPS) is 15.2. The Morgan fingerprint density at radius 1 is 1.03 bits per heavy atom. The maximum atomic E-state index is 13.3. The zero-order valence-corrected chi connectivity index (χ0v) is 16.1. The van der Waals surface area contributed by atoms with Gasteiger partial charge in [-0.25, -0.2) is 9.97 Å². The van der Waals surface area contributed by atoms with Crippen molar-refractivity contribution in [3.63, 3.8) is 0 Å². The molecule has 0 fully saturated rings. The number of halogens is 3. The highest BCUT2D eigenvalue weighted by atomic mass is 19.4. The van der Waals surface area contributed by atoms with Gasteiger partial charge in [0.1, 0.15) is 18.2 Å². The molecule has 0 unspecified atom stereocenters. The summed E-state index contributed by atoms with van der Waals surface area (Å²) in [5.74, 6) is 0.726. The van der Waals surface area contributed by atoms with E-state index in [1.165, 1.54) is 12.1 Å². The molecule has 4 rings (SSSR count). The largest absolute Gasteiger partial charge is 0.491 e. The summed E-state index contributed by atoms with van der Waals surface area (Å²) in [7, 11) is 0. The molecule has 0 radical (unpaired) electrons. The number of hydrogen-bond donors (Lipinski definition) is 0. The number of alkyl halides is 3. The molecule has 0 saturated heterocycles. The lowest BCUT2D eigenvalue weighted by molar-refractivity contribution is -0.137. The predicted octanol–water partition coefficient (Wildman–Crippen LogP) is 4.76. The summed E-state index contributed by atoms with van der Waals surface area (Å²) in [5.41, 5.74) is 0.842. The molecule has 2 aromatic carbocycles. The number of carbonyl (C=O) groups excluding carboxylic acids is 1. The van der Waals surface area contributed by atoms with E-state index in [4.69, 9.17) is 4.74 Å². The molecule has 0 aliphatic carbocycles. The molecule has 1 atom stereocenters. The molecular weight excluding hydrogens is 395 g/mol. The van der Waals surface area contributed by atoms with Crippen molar-refractivity contribution in [1.82, 2.24) is 14.9 Å². The van der Waals surface area contributed by atoms with Crippen molar-refractivity contribution in [2.75, 3.05) is 13.2 Å². The minimum absolute atomic E-state index is 0.240. The maximum Gasteiger partial charge on any atom is 0.416 e. The van der Waals surface area contributed by atoms with E-state index in [0.29, 0.717) is 41.4 Å². The fourth-order valence-electron chi connectivity index (χ4n) is 3.40. The van der Waals surface area contributed by atoms with Gasteiger partial charge in [0.2, 0.25) is 0 Å². The van der Waals surface area contributed by atoms with Crippen LogP contribution in [0.15, 0.2) is 60.9 Å². The highest BCUT2D eigenvalue weighted by molar-refractivity contribution is 5.98. The van der Waals surface area contributed by atoms with Gasteiger partial charge in [-0.1, -0.05) is 18.2 Å². The topological polar surface area (TPSA) is 55.3 Å². The van der Waals surface area contributed by atoms with Crippen molar-refractivity contribution in [3.8, 4) is 16.9 Å². The van der Waals surface area contributed by atoms with E-state index in [-0.39, 0.29) is 11.9 Å². The Morgan fingerprint density at radius 2 is 1.70 bits per heavy atom. The van der Waals surface area contributed by atoms with Crippen molar-refractivity contribution in [2.45, 2.75) is 19.1 Å². The molecule has 0 bridgehead atoms. The average Bonchev–Trinajstić information content (AvgIpc) is 2.92. The van der Waals surface area contributed by atoms with Crippen LogP contribution in [0.2, 0.25) is 0 Å². The quantitative estimate of drug-likeness (QED) is 0.621. The van der Waals surface area contributed by atoms with Gasteiger partial charge in [0.25, 0.3) is 5.91 Å². The van der Waals surface area contributed by atoms with E-state index in [2.05, 4.69) is 9.97 Å². The molecule has 2 heterocycles. The molecule has 1 aromatic heterocycles. The van der Waals surface area contributed by atoms with Crippen molar-refractivity contribution >= 4 is 5.91 Å². The van der Waals surface area contributed by atoms with Crippen molar-refractivity contribution in [2.24, 2.45) is 0 Å². The van der Waals surface area contributed by atoms with E-state index in [1.54, 1.807) is 41.6 Å². The van der Waals surface area contributed by atoms with Crippen LogP contribution >= 0.6 is 0 Å². The lowest BCUT2D eigenvalue weighted by atomic mass is 10.00. The van der Waals surface area contributed by atoms with Crippen LogP contribution in [0, 0.1) is 0 Å². The monoisotopic (exact) mass is 413 g/mol. The predicted molar refractivity (Wildman–Crippen MR) is 104 cm³/mol. The Labute approximate surface area is 171 Å². The molecule has 3 aromatic rings. The van der Waals surface area contributed by atoms with Crippen LogP contribution in [-0.2, 0) is 6.18 Å². The minimum atomic E-state index is -4.40. The van der Waals surface area contributed by atoms with Crippen LogP contribution in [0.25, 0.3) is 11.1 Å². The SMILES string of the molecule is C[C@H](c1ncccn1)N1CCOc2ccc(-c3ccc(C(F)(F)F)cc3)cc2C1=O. The van der Waals surface area contributed by atoms with Crippen LogP contribution in [0.1, 0.15) is 34.7 Å². The Kier molecular flexibility index (Phi) is 5.15. The second-order valence-electron chi connectivity index (χ2n) is 6.92. The van der Waals surface area contributed by atoms with Gasteiger partial charge in [-0.2, -0.15) is 13.2 Å². The smallest absolute Gasteiger partial charge is 0.416 e. The molecule has 0 saturated carbocycles. The number of fused-ring (bicyclic) bond motifs is 1. The second kappa shape index (κ2) is 7.78. The lowest BCUT2D eigenvalue weighted by Crippen LogP contribution is -2.35. The van der Waals surface area contributed by atoms with Crippen LogP contribution < -0.4 is 4.74 Å². The van der Waals surface area contributed by atoms with Gasteiger partial charge in [0.05, 0.1) is 23.7 Å². The first kappa shape index (κ1) is 19.9. The summed E-state index contributed by atoms with van der Waals surface area (Å²) < 4.78 is 44.2. The summed E-state index contributed by atoms with van der Waals surface area (Å²) in [6, 6.07) is 11.2. The first-order valence-electron chi connectivity index (χ1n) is 9.37. The second-order valence-corrected chi connectivity index (χ2v) is 6.92. The molecule has 0 spiro atoms. The first-order chi connectivity index (χ1) is 14.3. The third-order valence-electron chi connectivity index (χ3n) is 5.03. The van der Waals surface area contributed by atoms with Gasteiger partial charge in [0, 0.05) is 12.4 Å². The molecule has 8 heteroatoms. The molecular formula is C22H18F3N3O2. The lowest BCUT2D eigenvalue weighted by Gasteiger charge is -2.26. The molecule has 1 aliphatic heterocycles. The Balaban J connectivity index is 1.67. The standard InChI is InChI=1S/C22H18F3N3O2/c1-14(20-26-9-2-10-27-20)28-11-12-30-19-8-5-16(13-18(19)21(28)29)15-3-6-17(7-4-15)22(23,24)25/h2-10,13-14H,11-12H2,1H3/t14-/m1/s1. The van der Waals surface area contributed by atoms with Crippen LogP contribution in [-0.4, -0.2) is 33.9 Å². The Morgan fingerprint density at radius 3 is 2.37 bits per heavy atom. The zero-order valence-electron chi connectivity index (χ0n) is 16.1. The highest BCUT2D eigenvalue weighted by Crippen LogP contribution is 2.34. The van der Waals surface area contributed by atoms with E-state index >= 15 is 0 Å². The van der Waals surface area contributed by atoms with Gasteiger partial charge >= 0.3 is 6.18 Å². The summed E-state index contributed by atoms with van der Waals surface area (Å²) in [5, 5.41) is 0. The molecule has 0 N–H and O–H groups in total. The summed E-state index contributed by atoms with van der Waals surface area (Å²) in [6.07, 6.45) is -1.16. The molecule has 154 valence electrons. The van der Waals surface area contributed by atoms with Crippen LogP contribution in [0.5, 0.6) is 5.75 Å². The zero-order chi connectivity index (χ0) is 21.3. The number of nitrogens with zero attached hydrogens (tertiary/aromatic N) is 3. The number of rotatable bonds is 3. The third kappa shape index (κ3) is 3.85. The van der Waals surface area contributed by atoms with Crippen LogP contribution in [0.4, 0.5) is 13.2 Å². The Hall–Kier alpha value is -3.42. The third-order valence-corrected chi connectivity index (χ3v) is 5.03. The number of ether oxygens (including phenoxy) is 1. The number of aromatic nitrogens is 2. The van der Waals surface area contributed by atoms with Gasteiger partial charge in [-0.15, -0.1) is 0 Å². The molecule has 1 aliphatic rings. The summed E-state index contributed by atoms with van der Waals surface area (Å²) >= 11 is 0. The van der Waals surface area contributed by atoms with Crippen LogP contribution in [0.3, 0.4) is 0 Å². The van der Waals surface area contributed by atoms with Gasteiger partial charge < -0.3 is 9.64 Å². The number of benzene rings is 2. The van der Waals surface area contributed by atoms with E-state index in [0.717, 1.165) is 12.1 Å². The highest BCUT2D eigenvalue weighted by Gasteiger charge is 2.31. The molecule has 1 amide bonds. The van der Waals surface area contributed by atoms with Crippen molar-refractivity contribution in [1.29, 1.82) is 0 Å². The minimum Gasteiger partial charge on any atom is -0.491 e. The van der Waals surface area contributed by atoms with Gasteiger partial charge in [0.15, 0.2) is 0 Å². The fourth-order valence-corrected chi connectivity index (χ4v) is 3.40. The number of amides is 1. The average molecular weight is 413 g/mol. The van der Waals surface area contributed by atoms with Crippen molar-refractivity contribution < 1.29 is 22.7 Å². The van der Waals surface area contributed by atoms with Gasteiger partial charge in [-0.3, -0.25) is 4.79 Å². The number of hydrogen-bond acceptors (Lipinski definition) is 4. The number of carbonyl (C=O) groups is 1. The summed E-state index contributed by atoms with van der Waals surface area (Å²) in [6.45, 7) is 2.52. The molecule has 5 nitrogen and oxygen atoms in total. The fraction of sp³-hybridized carbons (Fsp3) is 0.227. The van der Waals surface area contributed by atoms with Gasteiger partial charge in [-0.05, 0) is 48.4 Å². The first-order valence-corrected chi connectivity index (χ1v) is 9.37. The maximum absolute atomic E-state index is 13.3. The van der Waals surface area contributed by atoms with E-state index in [1.807, 2.05) is 6.92 Å². The van der Waals surface area contributed by atoms with Crippen molar-refractivity contribution in [3.05, 3.63) is 77.9 Å². The van der Waals surface area contributed by atoms with E-state index < -0.39 is 11.7 Å². The summed E-state index contributed by atoms with van der Waals surface area (Å²) in [4.78, 5) is 23.4.